The highest BCUT2D eigenvalue weighted by atomic mass is 79.9. The molecule has 2 aliphatic heterocycles. The topological polar surface area (TPSA) is 71.3 Å². The lowest BCUT2D eigenvalue weighted by molar-refractivity contribution is -0.385. The van der Waals surface area contributed by atoms with Crippen LogP contribution in [0.15, 0.2) is 10.7 Å². The van der Waals surface area contributed by atoms with Crippen LogP contribution in [0.4, 0.5) is 11.5 Å². The zero-order valence-corrected chi connectivity index (χ0v) is 12.2. The Morgan fingerprint density at radius 2 is 2.11 bits per heavy atom. The first-order chi connectivity index (χ1) is 9.08. The van der Waals surface area contributed by atoms with E-state index in [4.69, 9.17) is 0 Å². The van der Waals surface area contributed by atoms with Gasteiger partial charge in [0.05, 0.1) is 9.40 Å². The van der Waals surface area contributed by atoms with Gasteiger partial charge >= 0.3 is 0 Å². The maximum absolute atomic E-state index is 10.9. The van der Waals surface area contributed by atoms with E-state index >= 15 is 0 Å². The molecule has 0 spiro atoms. The molecule has 3 rings (SSSR count). The number of fused-ring (bicyclic) bond motifs is 1. The third-order valence-corrected chi connectivity index (χ3v) is 5.05. The fourth-order valence-electron chi connectivity index (χ4n) is 2.99. The van der Waals surface area contributed by atoms with Crippen LogP contribution in [0.25, 0.3) is 0 Å². The largest absolute Gasteiger partial charge is 0.355 e. The zero-order chi connectivity index (χ0) is 13.6. The van der Waals surface area contributed by atoms with E-state index < -0.39 is 0 Å². The van der Waals surface area contributed by atoms with Gasteiger partial charge in [-0.05, 0) is 34.7 Å². The summed E-state index contributed by atoms with van der Waals surface area (Å²) in [5, 5.41) is 14.3. The van der Waals surface area contributed by atoms with Gasteiger partial charge in [0.25, 0.3) is 5.69 Å². The number of nitrogens with zero attached hydrogens (tertiary/aromatic N) is 3. The average molecular weight is 327 g/mol. The van der Waals surface area contributed by atoms with Crippen molar-refractivity contribution in [3.05, 3.63) is 26.3 Å². The molecule has 2 aliphatic rings. The van der Waals surface area contributed by atoms with Gasteiger partial charge < -0.3 is 10.2 Å². The maximum Gasteiger partial charge on any atom is 0.291 e. The third kappa shape index (κ3) is 2.10. The van der Waals surface area contributed by atoms with Crippen LogP contribution in [-0.2, 0) is 0 Å². The highest BCUT2D eigenvalue weighted by Gasteiger charge is 2.37. The molecule has 2 atom stereocenters. The fraction of sp³-hybridized carbons (Fsp3) is 0.583. The Morgan fingerprint density at radius 3 is 2.68 bits per heavy atom. The molecule has 0 bridgehead atoms. The van der Waals surface area contributed by atoms with Gasteiger partial charge in [0.2, 0.25) is 0 Å². The van der Waals surface area contributed by atoms with Gasteiger partial charge in [-0.2, -0.15) is 0 Å². The number of rotatable bonds is 2. The molecule has 102 valence electrons. The number of anilines is 1. The normalized spacial score (nSPS) is 25.7. The number of nitrogens with one attached hydrogen (secondary N) is 1. The van der Waals surface area contributed by atoms with Gasteiger partial charge in [-0.3, -0.25) is 10.1 Å². The van der Waals surface area contributed by atoms with Crippen molar-refractivity contribution < 1.29 is 4.92 Å². The Kier molecular flexibility index (Phi) is 3.18. The van der Waals surface area contributed by atoms with Gasteiger partial charge in [0.15, 0.2) is 0 Å². The summed E-state index contributed by atoms with van der Waals surface area (Å²) in [4.78, 5) is 17.0. The summed E-state index contributed by atoms with van der Waals surface area (Å²) in [5.74, 6) is 2.17. The first kappa shape index (κ1) is 12.8. The molecule has 0 aliphatic carbocycles. The van der Waals surface area contributed by atoms with Crippen molar-refractivity contribution in [1.82, 2.24) is 10.3 Å². The van der Waals surface area contributed by atoms with Crippen molar-refractivity contribution >= 4 is 27.4 Å². The molecule has 1 aromatic rings. The molecule has 0 saturated carbocycles. The highest BCUT2D eigenvalue weighted by molar-refractivity contribution is 9.10. The van der Waals surface area contributed by atoms with Crippen LogP contribution in [0.5, 0.6) is 0 Å². The molecule has 2 fully saturated rings. The Labute approximate surface area is 119 Å². The molecule has 0 radical (unpaired) electrons. The molecule has 2 unspecified atom stereocenters. The van der Waals surface area contributed by atoms with Crippen LogP contribution in [0, 0.1) is 28.9 Å². The van der Waals surface area contributed by atoms with Gasteiger partial charge in [-0.25, -0.2) is 4.98 Å². The van der Waals surface area contributed by atoms with E-state index in [1.165, 1.54) is 6.20 Å². The van der Waals surface area contributed by atoms with Crippen LogP contribution in [0.2, 0.25) is 0 Å². The van der Waals surface area contributed by atoms with E-state index in [0.29, 0.717) is 17.4 Å². The smallest absolute Gasteiger partial charge is 0.291 e. The van der Waals surface area contributed by atoms with Crippen molar-refractivity contribution in [2.75, 3.05) is 31.1 Å². The second kappa shape index (κ2) is 4.72. The van der Waals surface area contributed by atoms with Crippen molar-refractivity contribution in [1.29, 1.82) is 0 Å². The molecular weight excluding hydrogens is 312 g/mol. The minimum Gasteiger partial charge on any atom is -0.355 e. The molecule has 6 nitrogen and oxygen atoms in total. The summed E-state index contributed by atoms with van der Waals surface area (Å²) in [6, 6.07) is 0. The van der Waals surface area contributed by atoms with E-state index in [2.05, 4.69) is 31.1 Å². The van der Waals surface area contributed by atoms with Crippen LogP contribution in [0.1, 0.15) is 5.56 Å². The molecular formula is C12H15BrN4O2. The van der Waals surface area contributed by atoms with Crippen molar-refractivity contribution in [3.63, 3.8) is 0 Å². The number of halogens is 1. The number of hydrogen-bond donors (Lipinski definition) is 1. The second-order valence-corrected chi connectivity index (χ2v) is 6.04. The number of nitro groups is 1. The minimum atomic E-state index is -0.389. The molecule has 3 heterocycles. The molecule has 2 saturated heterocycles. The van der Waals surface area contributed by atoms with Gasteiger partial charge in [-0.1, -0.05) is 0 Å². The molecule has 1 aromatic heterocycles. The maximum atomic E-state index is 10.9. The second-order valence-electron chi connectivity index (χ2n) is 5.25. The SMILES string of the molecule is Cc1c([N+](=O)[O-])cnc(N2CC3CNCC3C2)c1Br. The van der Waals surface area contributed by atoms with Gasteiger partial charge in [0.1, 0.15) is 12.0 Å². The van der Waals surface area contributed by atoms with E-state index in [1.54, 1.807) is 6.92 Å². The Morgan fingerprint density at radius 1 is 1.47 bits per heavy atom. The van der Waals surface area contributed by atoms with Crippen molar-refractivity contribution in [2.24, 2.45) is 11.8 Å². The van der Waals surface area contributed by atoms with Gasteiger partial charge in [-0.15, -0.1) is 0 Å². The summed E-state index contributed by atoms with van der Waals surface area (Å²) >= 11 is 3.46. The monoisotopic (exact) mass is 326 g/mol. The standard InChI is InChI=1S/C12H15BrN4O2/c1-7-10(17(18)19)4-15-12(11(7)13)16-5-8-2-14-3-9(8)6-16/h4,8-9,14H,2-3,5-6H2,1H3. The summed E-state index contributed by atoms with van der Waals surface area (Å²) in [6.07, 6.45) is 1.36. The quantitative estimate of drug-likeness (QED) is 0.661. The van der Waals surface area contributed by atoms with Crippen LogP contribution in [-0.4, -0.2) is 36.1 Å². The first-order valence-corrected chi connectivity index (χ1v) is 7.12. The molecule has 19 heavy (non-hydrogen) atoms. The predicted molar refractivity (Wildman–Crippen MR) is 75.4 cm³/mol. The summed E-state index contributed by atoms with van der Waals surface area (Å²) in [5.41, 5.74) is 0.710. The summed E-state index contributed by atoms with van der Waals surface area (Å²) in [6.45, 7) is 5.82. The Balaban J connectivity index is 1.90. The minimum absolute atomic E-state index is 0.0664. The molecule has 0 aromatic carbocycles. The zero-order valence-electron chi connectivity index (χ0n) is 10.6. The third-order valence-electron chi connectivity index (χ3n) is 4.10. The lowest BCUT2D eigenvalue weighted by Crippen LogP contribution is -2.26. The molecule has 0 amide bonds. The van der Waals surface area contributed by atoms with Crippen molar-refractivity contribution in [3.8, 4) is 0 Å². The van der Waals surface area contributed by atoms with E-state index in [9.17, 15) is 10.1 Å². The van der Waals surface area contributed by atoms with Crippen LogP contribution >= 0.6 is 15.9 Å². The Bertz CT molecular complexity index is 525. The molecule has 1 N–H and O–H groups in total. The first-order valence-electron chi connectivity index (χ1n) is 6.33. The highest BCUT2D eigenvalue weighted by Crippen LogP contribution is 2.37. The summed E-state index contributed by atoms with van der Waals surface area (Å²) in [7, 11) is 0. The number of pyridine rings is 1. The predicted octanol–water partition coefficient (Wildman–Crippen LogP) is 1.72. The lowest BCUT2D eigenvalue weighted by atomic mass is 10.0. The summed E-state index contributed by atoms with van der Waals surface area (Å²) < 4.78 is 0.745. The number of hydrogen-bond acceptors (Lipinski definition) is 5. The van der Waals surface area contributed by atoms with E-state index in [1.807, 2.05) is 0 Å². The Hall–Kier alpha value is -1.21. The number of aromatic nitrogens is 1. The van der Waals surface area contributed by atoms with Crippen LogP contribution in [0.3, 0.4) is 0 Å². The van der Waals surface area contributed by atoms with E-state index in [-0.39, 0.29) is 10.6 Å². The van der Waals surface area contributed by atoms with E-state index in [0.717, 1.165) is 36.5 Å². The lowest BCUT2D eigenvalue weighted by Gasteiger charge is -2.20. The molecule has 7 heteroatoms. The average Bonchev–Trinajstić information content (AvgIpc) is 2.92. The fourth-order valence-corrected chi connectivity index (χ4v) is 3.55. The van der Waals surface area contributed by atoms with Gasteiger partial charge in [0, 0.05) is 31.7 Å². The van der Waals surface area contributed by atoms with Crippen molar-refractivity contribution in [2.45, 2.75) is 6.92 Å². The van der Waals surface area contributed by atoms with Crippen LogP contribution < -0.4 is 10.2 Å².